The lowest BCUT2D eigenvalue weighted by Gasteiger charge is -2.26. The van der Waals surface area contributed by atoms with E-state index in [1.54, 1.807) is 14.2 Å². The van der Waals surface area contributed by atoms with Crippen LogP contribution in [0.4, 0.5) is 10.5 Å². The van der Waals surface area contributed by atoms with Crippen LogP contribution >= 0.6 is 0 Å². The Labute approximate surface area is 171 Å². The third-order valence-corrected chi connectivity index (χ3v) is 4.85. The lowest BCUT2D eigenvalue weighted by atomic mass is 10.0. The van der Waals surface area contributed by atoms with Crippen LogP contribution in [-0.4, -0.2) is 51.2 Å². The molecule has 0 radical (unpaired) electrons. The molecule has 3 rings (SSSR count). The lowest BCUT2D eigenvalue weighted by molar-refractivity contribution is 0.187. The van der Waals surface area contributed by atoms with Crippen molar-refractivity contribution >= 4 is 17.5 Å². The van der Waals surface area contributed by atoms with E-state index in [9.17, 15) is 4.79 Å². The van der Waals surface area contributed by atoms with Gasteiger partial charge in [0.25, 0.3) is 0 Å². The van der Waals surface area contributed by atoms with Crippen molar-refractivity contribution in [1.82, 2.24) is 5.01 Å². The molecule has 0 atom stereocenters. The average Bonchev–Trinajstić information content (AvgIpc) is 2.78. The highest BCUT2D eigenvalue weighted by Gasteiger charge is 2.15. The summed E-state index contributed by atoms with van der Waals surface area (Å²) in [5, 5.41) is 9.62. The molecule has 2 aromatic carbocycles. The number of nitrogens with one attached hydrogen (secondary N) is 1. The van der Waals surface area contributed by atoms with Gasteiger partial charge in [0.2, 0.25) is 0 Å². The zero-order valence-corrected chi connectivity index (χ0v) is 17.1. The normalized spacial score (nSPS) is 13.5. The van der Waals surface area contributed by atoms with Crippen molar-refractivity contribution in [3.8, 4) is 11.5 Å². The highest BCUT2D eigenvalue weighted by molar-refractivity contribution is 6.01. The van der Waals surface area contributed by atoms with Gasteiger partial charge in [-0.15, -0.1) is 0 Å². The predicted molar refractivity (Wildman–Crippen MR) is 113 cm³/mol. The second-order valence-corrected chi connectivity index (χ2v) is 6.74. The Morgan fingerprint density at radius 3 is 2.52 bits per heavy atom. The van der Waals surface area contributed by atoms with Crippen molar-refractivity contribution < 1.29 is 19.0 Å². The highest BCUT2D eigenvalue weighted by atomic mass is 16.5. The fourth-order valence-electron chi connectivity index (χ4n) is 3.26. The molecule has 0 saturated carbocycles. The highest BCUT2D eigenvalue weighted by Crippen LogP contribution is 2.29. The fourth-order valence-corrected chi connectivity index (χ4v) is 3.26. The summed E-state index contributed by atoms with van der Waals surface area (Å²) >= 11 is 0. The maximum atomic E-state index is 11.3. The second kappa shape index (κ2) is 9.82. The summed E-state index contributed by atoms with van der Waals surface area (Å²) in [6, 6.07) is 13.7. The molecule has 1 heterocycles. The first-order valence-corrected chi connectivity index (χ1v) is 9.61. The Hall–Kier alpha value is -3.22. The van der Waals surface area contributed by atoms with Gasteiger partial charge >= 0.3 is 6.09 Å². The minimum Gasteiger partial charge on any atom is -0.493 e. The molecule has 0 spiro atoms. The Morgan fingerprint density at radius 2 is 1.83 bits per heavy atom. The third kappa shape index (κ3) is 5.40. The molecule has 2 aromatic rings. The van der Waals surface area contributed by atoms with Gasteiger partial charge in [0, 0.05) is 24.3 Å². The summed E-state index contributed by atoms with van der Waals surface area (Å²) in [6.07, 6.45) is 2.42. The van der Waals surface area contributed by atoms with Crippen molar-refractivity contribution in [1.29, 1.82) is 0 Å². The number of methoxy groups -OCH3 is 3. The molecule has 154 valence electrons. The Balaban J connectivity index is 1.62. The van der Waals surface area contributed by atoms with Gasteiger partial charge in [0.05, 0.1) is 27.0 Å². The first-order valence-electron chi connectivity index (χ1n) is 9.61. The number of ether oxygens (including phenoxy) is 3. The average molecular weight is 397 g/mol. The van der Waals surface area contributed by atoms with Crippen LogP contribution in [0, 0.1) is 0 Å². The van der Waals surface area contributed by atoms with Gasteiger partial charge in [0.1, 0.15) is 0 Å². The maximum absolute atomic E-state index is 11.3. The van der Waals surface area contributed by atoms with Gasteiger partial charge in [-0.05, 0) is 55.2 Å². The van der Waals surface area contributed by atoms with Crippen molar-refractivity contribution in [2.75, 3.05) is 39.7 Å². The van der Waals surface area contributed by atoms with Gasteiger partial charge in [0.15, 0.2) is 11.5 Å². The number of carbonyl (C=O) groups is 1. The molecule has 0 unspecified atom stereocenters. The van der Waals surface area contributed by atoms with Gasteiger partial charge in [-0.3, -0.25) is 10.3 Å². The predicted octanol–water partition coefficient (Wildman–Crippen LogP) is 3.92. The van der Waals surface area contributed by atoms with E-state index in [1.807, 2.05) is 42.5 Å². The zero-order chi connectivity index (χ0) is 20.6. The van der Waals surface area contributed by atoms with Crippen LogP contribution in [0.1, 0.15) is 24.0 Å². The van der Waals surface area contributed by atoms with E-state index < -0.39 is 6.09 Å². The van der Waals surface area contributed by atoms with Crippen LogP contribution in [0.5, 0.6) is 11.5 Å². The van der Waals surface area contributed by atoms with E-state index in [0.717, 1.165) is 49.4 Å². The molecule has 1 aliphatic rings. The minimum atomic E-state index is -0.469. The molecule has 0 aliphatic carbocycles. The lowest BCUT2D eigenvalue weighted by Crippen LogP contribution is -2.28. The molecule has 1 aliphatic heterocycles. The van der Waals surface area contributed by atoms with E-state index >= 15 is 0 Å². The molecule has 0 saturated heterocycles. The molecular weight excluding hydrogens is 370 g/mol. The van der Waals surface area contributed by atoms with Gasteiger partial charge in [-0.2, -0.15) is 5.10 Å². The number of benzene rings is 2. The van der Waals surface area contributed by atoms with Crippen molar-refractivity contribution in [2.45, 2.75) is 19.3 Å². The summed E-state index contributed by atoms with van der Waals surface area (Å²) in [5.41, 5.74) is 4.03. The number of carbonyl (C=O) groups excluding carboxylic acids is 1. The van der Waals surface area contributed by atoms with Crippen LogP contribution in [0.3, 0.4) is 0 Å². The summed E-state index contributed by atoms with van der Waals surface area (Å²) in [6.45, 7) is 1.78. The number of hydrazone groups is 1. The van der Waals surface area contributed by atoms with Crippen LogP contribution < -0.4 is 14.8 Å². The zero-order valence-electron chi connectivity index (χ0n) is 17.1. The smallest absolute Gasteiger partial charge is 0.411 e. The Morgan fingerprint density at radius 1 is 1.07 bits per heavy atom. The molecular formula is C22H27N3O4. The van der Waals surface area contributed by atoms with E-state index in [0.29, 0.717) is 11.4 Å². The summed E-state index contributed by atoms with van der Waals surface area (Å²) in [4.78, 5) is 11.3. The van der Waals surface area contributed by atoms with E-state index in [1.165, 1.54) is 12.7 Å². The quantitative estimate of drug-likeness (QED) is 0.767. The molecule has 7 nitrogen and oxygen atoms in total. The number of amides is 1. The van der Waals surface area contributed by atoms with E-state index in [-0.39, 0.29) is 0 Å². The standard InChI is InChI=1S/C22H27N3O4/c1-27-20-11-8-17(15-21(20)28-2)19-5-4-13-25(24-19)14-12-16-6-9-18(10-7-16)23-22(26)29-3/h6-11,15H,4-5,12-14H2,1-3H3,(H,23,26). The van der Waals surface area contributed by atoms with Gasteiger partial charge < -0.3 is 14.2 Å². The van der Waals surface area contributed by atoms with Crippen molar-refractivity contribution in [3.05, 3.63) is 53.6 Å². The Bertz CT molecular complexity index is 865. The molecule has 0 aromatic heterocycles. The second-order valence-electron chi connectivity index (χ2n) is 6.74. The monoisotopic (exact) mass is 397 g/mol. The summed E-state index contributed by atoms with van der Waals surface area (Å²) in [7, 11) is 4.62. The van der Waals surface area contributed by atoms with Crippen molar-refractivity contribution in [2.24, 2.45) is 5.10 Å². The first kappa shape index (κ1) is 20.5. The van der Waals surface area contributed by atoms with Gasteiger partial charge in [-0.1, -0.05) is 12.1 Å². The molecule has 29 heavy (non-hydrogen) atoms. The topological polar surface area (TPSA) is 72.4 Å². The number of rotatable bonds is 7. The third-order valence-electron chi connectivity index (χ3n) is 4.85. The van der Waals surface area contributed by atoms with Crippen LogP contribution in [0.25, 0.3) is 0 Å². The molecule has 7 heteroatoms. The molecule has 0 bridgehead atoms. The van der Waals surface area contributed by atoms with Crippen LogP contribution in [0.2, 0.25) is 0 Å². The molecule has 0 fully saturated rings. The van der Waals surface area contributed by atoms with Crippen molar-refractivity contribution in [3.63, 3.8) is 0 Å². The largest absolute Gasteiger partial charge is 0.493 e. The van der Waals surface area contributed by atoms with Crippen LogP contribution in [0.15, 0.2) is 47.6 Å². The minimum absolute atomic E-state index is 0.469. The Kier molecular flexibility index (Phi) is 6.94. The maximum Gasteiger partial charge on any atom is 0.411 e. The summed E-state index contributed by atoms with van der Waals surface area (Å²) in [5.74, 6) is 1.43. The van der Waals surface area contributed by atoms with Crippen LogP contribution in [-0.2, 0) is 11.2 Å². The van der Waals surface area contributed by atoms with Gasteiger partial charge in [-0.25, -0.2) is 4.79 Å². The first-order chi connectivity index (χ1) is 14.1. The van der Waals surface area contributed by atoms with E-state index in [4.69, 9.17) is 14.6 Å². The number of hydrogen-bond acceptors (Lipinski definition) is 6. The SMILES string of the molecule is COC(=O)Nc1ccc(CCN2CCCC(c3ccc(OC)c(OC)c3)=N2)cc1. The number of hydrogen-bond donors (Lipinski definition) is 1. The number of anilines is 1. The van der Waals surface area contributed by atoms with E-state index in [2.05, 4.69) is 15.1 Å². The molecule has 1 N–H and O–H groups in total. The number of nitrogens with zero attached hydrogens (tertiary/aromatic N) is 2. The summed E-state index contributed by atoms with van der Waals surface area (Å²) < 4.78 is 15.3. The molecule has 1 amide bonds. The fraction of sp³-hybridized carbons (Fsp3) is 0.364.